The Morgan fingerprint density at radius 3 is 2.64 bits per heavy atom. The number of rotatable bonds is 4. The monoisotopic (exact) mass is 361 g/mol. The van der Waals surface area contributed by atoms with Gasteiger partial charge in [0.25, 0.3) is 0 Å². The summed E-state index contributed by atoms with van der Waals surface area (Å²) >= 11 is 0. The van der Waals surface area contributed by atoms with Gasteiger partial charge in [-0.15, -0.1) is 0 Å². The van der Waals surface area contributed by atoms with Crippen molar-refractivity contribution in [2.45, 2.75) is 52.1 Å². The molecular formula is C18H30F3N3O. The van der Waals surface area contributed by atoms with Gasteiger partial charge in [0.1, 0.15) is 0 Å². The van der Waals surface area contributed by atoms with E-state index in [1.54, 1.807) is 0 Å². The Hall–Kier alpha value is -1.24. The number of carbonyl (C=O) groups excluding carboxylic acids is 1. The quantitative estimate of drug-likeness (QED) is 0.751. The van der Waals surface area contributed by atoms with Crippen molar-refractivity contribution >= 4 is 6.03 Å². The predicted octanol–water partition coefficient (Wildman–Crippen LogP) is 3.68. The minimum atomic E-state index is -4.25. The van der Waals surface area contributed by atoms with Crippen molar-refractivity contribution in [2.24, 2.45) is 23.0 Å². The van der Waals surface area contributed by atoms with Crippen LogP contribution in [0.3, 0.4) is 0 Å². The third-order valence-corrected chi connectivity index (χ3v) is 5.59. The Kier molecular flexibility index (Phi) is 6.40. The molecule has 0 aromatic carbocycles. The van der Waals surface area contributed by atoms with Crippen molar-refractivity contribution in [2.75, 3.05) is 26.2 Å². The molecule has 0 radical (unpaired) electrons. The predicted molar refractivity (Wildman–Crippen MR) is 92.0 cm³/mol. The number of nitrogens with two attached hydrogens (primary N) is 1. The van der Waals surface area contributed by atoms with Crippen molar-refractivity contribution in [1.82, 2.24) is 10.2 Å². The number of amides is 2. The fourth-order valence-electron chi connectivity index (χ4n) is 3.86. The van der Waals surface area contributed by atoms with Crippen molar-refractivity contribution in [3.05, 3.63) is 11.6 Å². The summed E-state index contributed by atoms with van der Waals surface area (Å²) in [6, 6.07) is -0.288. The Bertz CT molecular complexity index is 502. The molecule has 1 fully saturated rings. The summed E-state index contributed by atoms with van der Waals surface area (Å²) in [5, 5.41) is 2.91. The number of allylic oxidation sites excluding steroid dienone is 1. The number of carbonyl (C=O) groups is 1. The molecule has 0 spiro atoms. The van der Waals surface area contributed by atoms with Crippen molar-refractivity contribution in [1.29, 1.82) is 0 Å². The first-order valence-corrected chi connectivity index (χ1v) is 9.14. The minimum absolute atomic E-state index is 0.0632. The van der Waals surface area contributed by atoms with E-state index >= 15 is 0 Å². The molecule has 144 valence electrons. The highest BCUT2D eigenvalue weighted by molar-refractivity contribution is 5.74. The van der Waals surface area contributed by atoms with Gasteiger partial charge >= 0.3 is 12.2 Å². The SMILES string of the molecule is CC(C)(CNC(=O)N1CCC(C(F)(F)F)C(CN)C1)C1=CCCCC1. The topological polar surface area (TPSA) is 58.4 Å². The normalized spacial score (nSPS) is 25.5. The molecule has 1 saturated heterocycles. The van der Waals surface area contributed by atoms with Gasteiger partial charge in [0.05, 0.1) is 5.92 Å². The molecule has 0 bridgehead atoms. The fraction of sp³-hybridized carbons (Fsp3) is 0.833. The Balaban J connectivity index is 1.90. The highest BCUT2D eigenvalue weighted by atomic mass is 19.4. The van der Waals surface area contributed by atoms with Gasteiger partial charge in [0, 0.05) is 31.0 Å². The van der Waals surface area contributed by atoms with Gasteiger partial charge in [-0.1, -0.05) is 25.5 Å². The molecule has 3 N–H and O–H groups in total. The molecule has 4 nitrogen and oxygen atoms in total. The number of hydrogen-bond acceptors (Lipinski definition) is 2. The van der Waals surface area contributed by atoms with E-state index in [9.17, 15) is 18.0 Å². The Labute approximate surface area is 148 Å². The maximum Gasteiger partial charge on any atom is 0.392 e. The molecule has 2 amide bonds. The highest BCUT2D eigenvalue weighted by Gasteiger charge is 2.47. The fourth-order valence-corrected chi connectivity index (χ4v) is 3.86. The number of nitrogens with zero attached hydrogens (tertiary/aromatic N) is 1. The number of piperidine rings is 1. The van der Waals surface area contributed by atoms with E-state index in [2.05, 4.69) is 25.2 Å². The third kappa shape index (κ3) is 5.12. The number of nitrogens with one attached hydrogen (secondary N) is 1. The zero-order valence-corrected chi connectivity index (χ0v) is 15.2. The van der Waals surface area contributed by atoms with Gasteiger partial charge in [-0.25, -0.2) is 4.79 Å². The summed E-state index contributed by atoms with van der Waals surface area (Å²) in [6.45, 7) is 4.81. The molecular weight excluding hydrogens is 331 g/mol. The summed E-state index contributed by atoms with van der Waals surface area (Å²) in [5.74, 6) is -2.14. The zero-order valence-electron chi connectivity index (χ0n) is 15.2. The van der Waals surface area contributed by atoms with E-state index in [0.29, 0.717) is 6.54 Å². The lowest BCUT2D eigenvalue weighted by atomic mass is 9.78. The van der Waals surface area contributed by atoms with Crippen LogP contribution in [-0.4, -0.2) is 43.3 Å². The van der Waals surface area contributed by atoms with Crippen LogP contribution in [0, 0.1) is 17.3 Å². The zero-order chi connectivity index (χ0) is 18.7. The standard InChI is InChI=1S/C18H30F3N3O/c1-17(2,14-6-4-3-5-7-14)12-23-16(25)24-9-8-15(18(19,20)21)13(10-22)11-24/h6,13,15H,3-5,7-12,22H2,1-2H3,(H,23,25). The largest absolute Gasteiger partial charge is 0.392 e. The molecule has 7 heteroatoms. The molecule has 0 saturated carbocycles. The molecule has 2 atom stereocenters. The van der Waals surface area contributed by atoms with E-state index in [1.807, 2.05) is 0 Å². The van der Waals surface area contributed by atoms with Gasteiger partial charge in [-0.2, -0.15) is 13.2 Å². The minimum Gasteiger partial charge on any atom is -0.337 e. The number of urea groups is 1. The second-order valence-corrected chi connectivity index (χ2v) is 7.90. The summed E-state index contributed by atoms with van der Waals surface area (Å²) in [6.07, 6.45) is 2.45. The molecule has 2 rings (SSSR count). The van der Waals surface area contributed by atoms with Gasteiger partial charge in [0.15, 0.2) is 0 Å². The maximum absolute atomic E-state index is 13.0. The molecule has 0 aromatic rings. The van der Waals surface area contributed by atoms with Crippen LogP contribution in [0.4, 0.5) is 18.0 Å². The van der Waals surface area contributed by atoms with Crippen molar-refractivity contribution in [3.8, 4) is 0 Å². The van der Waals surface area contributed by atoms with Crippen LogP contribution in [0.25, 0.3) is 0 Å². The first-order chi connectivity index (χ1) is 11.6. The summed E-state index contributed by atoms with van der Waals surface area (Å²) < 4.78 is 39.1. The van der Waals surface area contributed by atoms with Crippen LogP contribution < -0.4 is 11.1 Å². The van der Waals surface area contributed by atoms with Crippen LogP contribution in [0.5, 0.6) is 0 Å². The molecule has 0 aromatic heterocycles. The molecule has 25 heavy (non-hydrogen) atoms. The Morgan fingerprint density at radius 1 is 1.36 bits per heavy atom. The first-order valence-electron chi connectivity index (χ1n) is 9.14. The third-order valence-electron chi connectivity index (χ3n) is 5.59. The number of hydrogen-bond donors (Lipinski definition) is 2. The van der Waals surface area contributed by atoms with Crippen molar-refractivity contribution in [3.63, 3.8) is 0 Å². The second kappa shape index (κ2) is 7.98. The highest BCUT2D eigenvalue weighted by Crippen LogP contribution is 2.37. The average Bonchev–Trinajstić information content (AvgIpc) is 2.59. The maximum atomic E-state index is 13.0. The molecule has 2 aliphatic rings. The summed E-state index contributed by atoms with van der Waals surface area (Å²) in [5.41, 5.74) is 6.75. The van der Waals surface area contributed by atoms with Gasteiger partial charge < -0.3 is 16.0 Å². The molecule has 2 unspecified atom stereocenters. The smallest absolute Gasteiger partial charge is 0.337 e. The van der Waals surface area contributed by atoms with Crippen molar-refractivity contribution < 1.29 is 18.0 Å². The lowest BCUT2D eigenvalue weighted by Crippen LogP contribution is -2.53. The summed E-state index contributed by atoms with van der Waals surface area (Å²) in [4.78, 5) is 13.9. The van der Waals surface area contributed by atoms with Crippen LogP contribution >= 0.6 is 0 Å². The number of halogens is 3. The number of alkyl halides is 3. The lowest BCUT2D eigenvalue weighted by Gasteiger charge is -2.39. The van der Waals surface area contributed by atoms with Crippen LogP contribution in [-0.2, 0) is 0 Å². The molecule has 1 aliphatic heterocycles. The van der Waals surface area contributed by atoms with Crippen LogP contribution in [0.1, 0.15) is 46.0 Å². The van der Waals surface area contributed by atoms with Crippen LogP contribution in [0.2, 0.25) is 0 Å². The van der Waals surface area contributed by atoms with Gasteiger partial charge in [-0.3, -0.25) is 0 Å². The number of likely N-dealkylation sites (tertiary alicyclic amines) is 1. The van der Waals surface area contributed by atoms with Crippen LogP contribution in [0.15, 0.2) is 11.6 Å². The van der Waals surface area contributed by atoms with E-state index < -0.39 is 18.0 Å². The molecule has 1 heterocycles. The lowest BCUT2D eigenvalue weighted by molar-refractivity contribution is -0.197. The summed E-state index contributed by atoms with van der Waals surface area (Å²) in [7, 11) is 0. The van der Waals surface area contributed by atoms with E-state index in [1.165, 1.54) is 23.3 Å². The first kappa shape index (κ1) is 20.1. The van der Waals surface area contributed by atoms with E-state index in [4.69, 9.17) is 5.73 Å². The van der Waals surface area contributed by atoms with Gasteiger partial charge in [-0.05, 0) is 38.6 Å². The average molecular weight is 361 g/mol. The second-order valence-electron chi connectivity index (χ2n) is 7.90. The Morgan fingerprint density at radius 2 is 2.08 bits per heavy atom. The van der Waals surface area contributed by atoms with E-state index in [-0.39, 0.29) is 37.5 Å². The van der Waals surface area contributed by atoms with E-state index in [0.717, 1.165) is 12.8 Å². The molecule has 1 aliphatic carbocycles. The van der Waals surface area contributed by atoms with Gasteiger partial charge in [0.2, 0.25) is 0 Å².